The molecule has 174 valence electrons. The van der Waals surface area contributed by atoms with E-state index in [4.69, 9.17) is 25.4 Å². The van der Waals surface area contributed by atoms with Crippen molar-refractivity contribution in [2.24, 2.45) is 5.73 Å². The van der Waals surface area contributed by atoms with Crippen LogP contribution < -0.4 is 11.5 Å². The molecule has 0 spiro atoms. The third-order valence-electron chi connectivity index (χ3n) is 4.38. The van der Waals surface area contributed by atoms with Crippen molar-refractivity contribution in [2.75, 3.05) is 26.0 Å². The van der Waals surface area contributed by atoms with Gasteiger partial charge in [-0.05, 0) is 35.8 Å². The van der Waals surface area contributed by atoms with E-state index < -0.39 is 16.4 Å². The minimum Gasteiger partial charge on any atom is -0.424 e. The number of fused-ring (bicyclic) bond motifs is 1. The lowest BCUT2D eigenvalue weighted by molar-refractivity contribution is -0.115. The van der Waals surface area contributed by atoms with Crippen LogP contribution in [0.15, 0.2) is 63.7 Å². The van der Waals surface area contributed by atoms with Gasteiger partial charge in [0.05, 0.1) is 12.9 Å². The summed E-state index contributed by atoms with van der Waals surface area (Å²) in [5.74, 6) is 0. The number of nitrogens with zero attached hydrogens (tertiary/aromatic N) is 1. The number of rotatable bonds is 8. The van der Waals surface area contributed by atoms with Crippen molar-refractivity contribution in [2.45, 2.75) is 24.5 Å². The van der Waals surface area contributed by atoms with E-state index in [1.54, 1.807) is 25.1 Å². The minimum absolute atomic E-state index is 0.00759. The van der Waals surface area contributed by atoms with Crippen LogP contribution in [0.5, 0.6) is 0 Å². The Kier molecular flexibility index (Phi) is 9.29. The van der Waals surface area contributed by atoms with Crippen LogP contribution in [-0.4, -0.2) is 44.5 Å². The molecular formula is C21H26FN3O6S. The van der Waals surface area contributed by atoms with Crippen molar-refractivity contribution in [3.8, 4) is 0 Å². The molecule has 32 heavy (non-hydrogen) atoms. The number of anilines is 1. The molecule has 5 N–H and O–H groups in total. The van der Waals surface area contributed by atoms with Crippen LogP contribution in [0.4, 0.5) is 10.4 Å². The van der Waals surface area contributed by atoms with Gasteiger partial charge in [-0.3, -0.25) is 4.55 Å². The largest absolute Gasteiger partial charge is 0.424 e. The Bertz CT molecular complexity index is 1130. The molecule has 0 aliphatic rings. The van der Waals surface area contributed by atoms with E-state index in [1.807, 2.05) is 24.3 Å². The number of hydrogen-bond donors (Lipinski definition) is 3. The van der Waals surface area contributed by atoms with Crippen molar-refractivity contribution in [3.63, 3.8) is 0 Å². The number of nitrogen functional groups attached to an aromatic ring is 1. The van der Waals surface area contributed by atoms with Crippen molar-refractivity contribution >= 4 is 27.2 Å². The maximum absolute atomic E-state index is 12.4. The van der Waals surface area contributed by atoms with Crippen molar-refractivity contribution in [1.82, 2.24) is 4.98 Å². The van der Waals surface area contributed by atoms with Gasteiger partial charge in [-0.2, -0.15) is 13.4 Å². The smallest absolute Gasteiger partial charge is 0.295 e. The van der Waals surface area contributed by atoms with Crippen molar-refractivity contribution < 1.29 is 31.3 Å². The molecule has 0 aliphatic heterocycles. The summed E-state index contributed by atoms with van der Waals surface area (Å²) < 4.78 is 60.3. The summed E-state index contributed by atoms with van der Waals surface area (Å²) in [6.45, 7) is 1.51. The number of halogens is 1. The Hall–Kier alpha value is -2.83. The van der Waals surface area contributed by atoms with Gasteiger partial charge in [-0.15, -0.1) is 0 Å². The molecule has 0 bridgehead atoms. The van der Waals surface area contributed by atoms with Crippen LogP contribution in [0.1, 0.15) is 11.1 Å². The minimum atomic E-state index is -4.36. The Labute approximate surface area is 185 Å². The maximum atomic E-state index is 12.4. The lowest BCUT2D eigenvalue weighted by Crippen LogP contribution is -2.22. The number of para-hydroxylation sites is 2. The monoisotopic (exact) mass is 467 g/mol. The molecule has 1 aromatic heterocycles. The van der Waals surface area contributed by atoms with E-state index in [0.717, 1.165) is 11.1 Å². The molecular weight excluding hydrogens is 441 g/mol. The van der Waals surface area contributed by atoms with E-state index in [-0.39, 0.29) is 36.1 Å². The Morgan fingerprint density at radius 3 is 2.59 bits per heavy atom. The predicted molar refractivity (Wildman–Crippen MR) is 118 cm³/mol. The van der Waals surface area contributed by atoms with Gasteiger partial charge < -0.3 is 25.4 Å². The average Bonchev–Trinajstić information content (AvgIpc) is 3.13. The van der Waals surface area contributed by atoms with Crippen LogP contribution in [0, 0.1) is 6.92 Å². The van der Waals surface area contributed by atoms with Gasteiger partial charge in [0.2, 0.25) is 0 Å². The zero-order valence-corrected chi connectivity index (χ0v) is 18.5. The topological polar surface area (TPSA) is 151 Å². The predicted octanol–water partition coefficient (Wildman–Crippen LogP) is 3.00. The van der Waals surface area contributed by atoms with Gasteiger partial charge in [0, 0.05) is 20.1 Å². The van der Waals surface area contributed by atoms with Crippen molar-refractivity contribution in [1.29, 1.82) is 0 Å². The number of oxazole rings is 1. The normalized spacial score (nSPS) is 13.0. The Balaban J connectivity index is 0.000000297. The van der Waals surface area contributed by atoms with Crippen LogP contribution in [0.2, 0.25) is 0 Å². The highest BCUT2D eigenvalue weighted by atomic mass is 32.2. The summed E-state index contributed by atoms with van der Waals surface area (Å²) in [5, 5.41) is 0. The van der Waals surface area contributed by atoms with Gasteiger partial charge in [0.25, 0.3) is 16.1 Å². The number of hydrogen-bond acceptors (Lipinski definition) is 8. The molecule has 11 heteroatoms. The summed E-state index contributed by atoms with van der Waals surface area (Å²) in [6, 6.07) is 12.5. The van der Waals surface area contributed by atoms with Gasteiger partial charge in [-0.25, -0.2) is 4.39 Å². The summed E-state index contributed by atoms with van der Waals surface area (Å²) in [5.41, 5.74) is 13.2. The third-order valence-corrected chi connectivity index (χ3v) is 5.48. The Morgan fingerprint density at radius 2 is 2.00 bits per heavy atom. The average molecular weight is 468 g/mol. The van der Waals surface area contributed by atoms with E-state index in [9.17, 15) is 17.4 Å². The van der Waals surface area contributed by atoms with Gasteiger partial charge in [0.15, 0.2) is 11.9 Å². The molecule has 0 radical (unpaired) electrons. The highest BCUT2D eigenvalue weighted by Gasteiger charge is 2.21. The quantitative estimate of drug-likeness (QED) is 0.335. The molecule has 0 fully saturated rings. The molecule has 3 rings (SSSR count). The highest BCUT2D eigenvalue weighted by Crippen LogP contribution is 2.22. The molecule has 0 aliphatic carbocycles. The molecule has 2 aromatic carbocycles. The van der Waals surface area contributed by atoms with E-state index in [2.05, 4.69) is 4.98 Å². The second-order valence-electron chi connectivity index (χ2n) is 6.71. The first-order valence-electron chi connectivity index (χ1n) is 9.49. The standard InChI is InChI=1S/C14H20FNO5S.C7H6N2O/c1-10-4-3-5-12(14(10)22(17,18)19)6-13(20-2)21-9-11(7-15)8-16;8-7-9-5-3-1-2-4-6(5)10-7/h3-5,7,13H,6,8-9,16H2,1-2H3,(H,17,18,19);1-4H,(H2,8,9). The number of aryl methyl sites for hydroxylation is 1. The molecule has 9 nitrogen and oxygen atoms in total. The molecule has 1 atom stereocenters. The molecule has 0 amide bonds. The van der Waals surface area contributed by atoms with Crippen LogP contribution >= 0.6 is 0 Å². The second-order valence-corrected chi connectivity index (χ2v) is 8.07. The maximum Gasteiger partial charge on any atom is 0.295 e. The molecule has 1 heterocycles. The van der Waals surface area contributed by atoms with Gasteiger partial charge in [0.1, 0.15) is 10.4 Å². The van der Waals surface area contributed by atoms with E-state index >= 15 is 0 Å². The number of methoxy groups -OCH3 is 1. The van der Waals surface area contributed by atoms with Crippen LogP contribution in [0.25, 0.3) is 11.1 Å². The van der Waals surface area contributed by atoms with E-state index in [1.165, 1.54) is 7.11 Å². The molecule has 3 aromatic rings. The number of nitrogens with two attached hydrogens (primary N) is 2. The first kappa shape index (κ1) is 25.4. The van der Waals surface area contributed by atoms with Gasteiger partial charge >= 0.3 is 0 Å². The number of benzene rings is 2. The fraction of sp³-hybridized carbons (Fsp3) is 0.286. The SMILES string of the molecule is COC(Cc1cccc(C)c1S(=O)(=O)O)OCC(=CF)CN.Nc1nc2ccccc2o1. The summed E-state index contributed by atoms with van der Waals surface area (Å²) >= 11 is 0. The molecule has 0 saturated carbocycles. The van der Waals surface area contributed by atoms with Crippen LogP contribution in [-0.2, 0) is 26.0 Å². The zero-order chi connectivity index (χ0) is 23.7. The number of aromatic nitrogens is 1. The summed E-state index contributed by atoms with van der Waals surface area (Å²) in [6.07, 6.45) is -0.357. The first-order valence-corrected chi connectivity index (χ1v) is 10.9. The second kappa shape index (κ2) is 11.7. The third kappa shape index (κ3) is 7.11. The lowest BCUT2D eigenvalue weighted by Gasteiger charge is -2.18. The highest BCUT2D eigenvalue weighted by molar-refractivity contribution is 7.86. The van der Waals surface area contributed by atoms with Crippen LogP contribution in [0.3, 0.4) is 0 Å². The zero-order valence-electron chi connectivity index (χ0n) is 17.7. The number of ether oxygens (including phenoxy) is 2. The summed E-state index contributed by atoms with van der Waals surface area (Å²) in [4.78, 5) is 3.76. The Morgan fingerprint density at radius 1 is 1.28 bits per heavy atom. The van der Waals surface area contributed by atoms with Gasteiger partial charge in [-0.1, -0.05) is 30.3 Å². The summed E-state index contributed by atoms with van der Waals surface area (Å²) in [7, 11) is -2.98. The molecule has 1 unspecified atom stereocenters. The fourth-order valence-electron chi connectivity index (χ4n) is 2.86. The van der Waals surface area contributed by atoms with E-state index in [0.29, 0.717) is 17.5 Å². The first-order chi connectivity index (χ1) is 15.2. The fourth-order valence-corrected chi connectivity index (χ4v) is 3.82. The van der Waals surface area contributed by atoms with Crippen molar-refractivity contribution in [3.05, 3.63) is 65.5 Å². The molecule has 0 saturated heterocycles. The lowest BCUT2D eigenvalue weighted by atomic mass is 10.1.